The number of nitrogens with one attached hydrogen (secondary N) is 1. The standard InChI is InChI=1S/C24H21Cl3N2O4S2/c1-33-23(32)15-8-6-14(7-9-15)11-20-22(31)29(24(34)35-20)10-4-2-3-5-21(30)28-19-13-17(26)16(25)12-18(19)27/h6-9,11-13H,2-5,10H2,1H3,(H,28,30)/b20-11-. The van der Waals surface area contributed by atoms with Crippen LogP contribution in [0.25, 0.3) is 6.08 Å². The van der Waals surface area contributed by atoms with Crippen LogP contribution >= 0.6 is 58.8 Å². The van der Waals surface area contributed by atoms with Crippen LogP contribution < -0.4 is 5.32 Å². The first-order valence-electron chi connectivity index (χ1n) is 10.6. The van der Waals surface area contributed by atoms with Gasteiger partial charge in [-0.25, -0.2) is 4.79 Å². The molecule has 6 nitrogen and oxygen atoms in total. The topological polar surface area (TPSA) is 75.7 Å². The molecule has 2 amide bonds. The van der Waals surface area contributed by atoms with E-state index < -0.39 is 5.97 Å². The lowest BCUT2D eigenvalue weighted by Gasteiger charge is -2.14. The molecule has 1 aliphatic heterocycles. The van der Waals surface area contributed by atoms with E-state index in [2.05, 4.69) is 10.1 Å². The van der Waals surface area contributed by atoms with E-state index in [-0.39, 0.29) is 11.8 Å². The van der Waals surface area contributed by atoms with Crippen LogP contribution in [0, 0.1) is 0 Å². The molecule has 35 heavy (non-hydrogen) atoms. The van der Waals surface area contributed by atoms with E-state index in [0.29, 0.717) is 61.4 Å². The maximum atomic E-state index is 12.8. The molecule has 1 heterocycles. The van der Waals surface area contributed by atoms with Crippen LogP contribution in [-0.2, 0) is 14.3 Å². The van der Waals surface area contributed by atoms with E-state index >= 15 is 0 Å². The van der Waals surface area contributed by atoms with Crippen molar-refractivity contribution in [2.45, 2.75) is 25.7 Å². The summed E-state index contributed by atoms with van der Waals surface area (Å²) in [5.74, 6) is -0.750. The number of hydrogen-bond acceptors (Lipinski definition) is 6. The summed E-state index contributed by atoms with van der Waals surface area (Å²) in [5, 5.41) is 3.67. The van der Waals surface area contributed by atoms with Gasteiger partial charge in [-0.2, -0.15) is 0 Å². The van der Waals surface area contributed by atoms with E-state index in [1.807, 2.05) is 0 Å². The van der Waals surface area contributed by atoms with Crippen molar-refractivity contribution < 1.29 is 19.1 Å². The molecule has 0 atom stereocenters. The average molecular weight is 572 g/mol. The number of methoxy groups -OCH3 is 1. The van der Waals surface area contributed by atoms with Gasteiger partial charge in [-0.05, 0) is 48.7 Å². The molecule has 0 saturated carbocycles. The molecule has 2 aromatic rings. The first kappa shape index (κ1) is 27.5. The molecule has 0 radical (unpaired) electrons. The maximum absolute atomic E-state index is 12.8. The van der Waals surface area contributed by atoms with Crippen LogP contribution in [0.15, 0.2) is 41.3 Å². The second-order valence-electron chi connectivity index (χ2n) is 7.55. The summed E-state index contributed by atoms with van der Waals surface area (Å²) in [6, 6.07) is 9.77. The van der Waals surface area contributed by atoms with Crippen molar-refractivity contribution in [3.8, 4) is 0 Å². The maximum Gasteiger partial charge on any atom is 0.337 e. The molecule has 184 valence electrons. The van der Waals surface area contributed by atoms with Gasteiger partial charge in [0.05, 0.1) is 38.3 Å². The van der Waals surface area contributed by atoms with E-state index in [4.69, 9.17) is 47.0 Å². The predicted octanol–water partition coefficient (Wildman–Crippen LogP) is 6.83. The van der Waals surface area contributed by atoms with Crippen molar-refractivity contribution in [1.29, 1.82) is 0 Å². The number of ether oxygens (including phenoxy) is 1. The largest absolute Gasteiger partial charge is 0.465 e. The van der Waals surface area contributed by atoms with Crippen molar-refractivity contribution in [2.24, 2.45) is 0 Å². The molecule has 1 fully saturated rings. The zero-order valence-electron chi connectivity index (χ0n) is 18.6. The summed E-state index contributed by atoms with van der Waals surface area (Å²) < 4.78 is 5.19. The van der Waals surface area contributed by atoms with Crippen LogP contribution in [0.3, 0.4) is 0 Å². The van der Waals surface area contributed by atoms with Crippen molar-refractivity contribution in [1.82, 2.24) is 4.90 Å². The summed E-state index contributed by atoms with van der Waals surface area (Å²) in [4.78, 5) is 38.6. The highest BCUT2D eigenvalue weighted by molar-refractivity contribution is 8.26. The third-order valence-corrected chi connectivity index (χ3v) is 7.49. The van der Waals surface area contributed by atoms with Gasteiger partial charge in [-0.1, -0.05) is 77.3 Å². The summed E-state index contributed by atoms with van der Waals surface area (Å²) in [6.07, 6.45) is 4.14. The molecule has 1 saturated heterocycles. The minimum absolute atomic E-state index is 0.149. The number of amides is 2. The first-order chi connectivity index (χ1) is 16.7. The smallest absolute Gasteiger partial charge is 0.337 e. The van der Waals surface area contributed by atoms with Crippen LogP contribution in [0.5, 0.6) is 0 Å². The number of thiocarbonyl (C=S) groups is 1. The number of esters is 1. The third-order valence-electron chi connectivity index (χ3n) is 5.07. The second-order valence-corrected chi connectivity index (χ2v) is 10.4. The number of carbonyl (C=O) groups is 3. The fourth-order valence-electron chi connectivity index (χ4n) is 3.24. The van der Waals surface area contributed by atoms with E-state index in [1.165, 1.54) is 31.0 Å². The van der Waals surface area contributed by atoms with Gasteiger partial charge >= 0.3 is 5.97 Å². The number of rotatable bonds is 9. The van der Waals surface area contributed by atoms with Gasteiger partial charge in [-0.15, -0.1) is 0 Å². The number of carbonyl (C=O) groups excluding carboxylic acids is 3. The fraction of sp³-hybridized carbons (Fsp3) is 0.250. The summed E-state index contributed by atoms with van der Waals surface area (Å²) >= 11 is 24.6. The number of hydrogen-bond donors (Lipinski definition) is 1. The Bertz CT molecular complexity index is 1190. The minimum Gasteiger partial charge on any atom is -0.465 e. The summed E-state index contributed by atoms with van der Waals surface area (Å²) in [6.45, 7) is 0.476. The molecule has 0 bridgehead atoms. The van der Waals surface area contributed by atoms with Gasteiger partial charge in [-0.3, -0.25) is 14.5 Å². The van der Waals surface area contributed by atoms with Gasteiger partial charge in [0.2, 0.25) is 5.91 Å². The lowest BCUT2D eigenvalue weighted by molar-refractivity contribution is -0.122. The number of halogens is 3. The quantitative estimate of drug-likeness (QED) is 0.117. The van der Waals surface area contributed by atoms with Crippen molar-refractivity contribution in [2.75, 3.05) is 19.0 Å². The lowest BCUT2D eigenvalue weighted by Crippen LogP contribution is -2.29. The molecule has 1 N–H and O–H groups in total. The Kier molecular flexibility index (Phi) is 10.0. The third kappa shape index (κ3) is 7.44. The van der Waals surface area contributed by atoms with Crippen LogP contribution in [-0.4, -0.2) is 40.7 Å². The number of benzene rings is 2. The Morgan fingerprint density at radius 3 is 2.43 bits per heavy atom. The molecular weight excluding hydrogens is 551 g/mol. The SMILES string of the molecule is COC(=O)c1ccc(/C=C2\SC(=S)N(CCCCCC(=O)Nc3cc(Cl)c(Cl)cc3Cl)C2=O)cc1. The Morgan fingerprint density at radius 1 is 1.06 bits per heavy atom. The summed E-state index contributed by atoms with van der Waals surface area (Å²) in [5.41, 5.74) is 1.63. The Labute approximate surface area is 227 Å². The monoisotopic (exact) mass is 570 g/mol. The fourth-order valence-corrected chi connectivity index (χ4v) is 5.14. The lowest BCUT2D eigenvalue weighted by atomic mass is 10.1. The molecule has 0 aliphatic carbocycles. The number of thioether (sulfide) groups is 1. The predicted molar refractivity (Wildman–Crippen MR) is 146 cm³/mol. The molecule has 3 rings (SSSR count). The minimum atomic E-state index is -0.418. The molecule has 0 spiro atoms. The molecule has 2 aromatic carbocycles. The van der Waals surface area contributed by atoms with E-state index in [0.717, 1.165) is 12.0 Å². The van der Waals surface area contributed by atoms with Gasteiger partial charge in [0, 0.05) is 13.0 Å². The molecule has 0 aromatic heterocycles. The normalized spacial score (nSPS) is 14.5. The van der Waals surface area contributed by atoms with Crippen molar-refractivity contribution in [3.63, 3.8) is 0 Å². The zero-order valence-corrected chi connectivity index (χ0v) is 22.5. The number of unbranched alkanes of at least 4 members (excludes halogenated alkanes) is 2. The summed E-state index contributed by atoms with van der Waals surface area (Å²) in [7, 11) is 1.32. The van der Waals surface area contributed by atoms with Gasteiger partial charge < -0.3 is 10.1 Å². The highest BCUT2D eigenvalue weighted by atomic mass is 35.5. The van der Waals surface area contributed by atoms with Gasteiger partial charge in [0.25, 0.3) is 5.91 Å². The van der Waals surface area contributed by atoms with Crippen LogP contribution in [0.2, 0.25) is 15.1 Å². The van der Waals surface area contributed by atoms with Crippen molar-refractivity contribution >= 4 is 92.7 Å². The number of anilines is 1. The molecular formula is C24H21Cl3N2O4S2. The Morgan fingerprint density at radius 2 is 1.74 bits per heavy atom. The molecule has 1 aliphatic rings. The van der Waals surface area contributed by atoms with E-state index in [1.54, 1.807) is 35.2 Å². The number of nitrogens with zero attached hydrogens (tertiary/aromatic N) is 1. The molecule has 0 unspecified atom stereocenters. The highest BCUT2D eigenvalue weighted by Gasteiger charge is 2.31. The molecule has 11 heteroatoms. The Balaban J connectivity index is 1.45. The van der Waals surface area contributed by atoms with Gasteiger partial charge in [0.15, 0.2) is 0 Å². The Hall–Kier alpha value is -2.10. The first-order valence-corrected chi connectivity index (χ1v) is 12.9. The van der Waals surface area contributed by atoms with E-state index in [9.17, 15) is 14.4 Å². The van der Waals surface area contributed by atoms with Crippen LogP contribution in [0.1, 0.15) is 41.6 Å². The van der Waals surface area contributed by atoms with Crippen molar-refractivity contribution in [3.05, 3.63) is 67.5 Å². The highest BCUT2D eigenvalue weighted by Crippen LogP contribution is 2.33. The van der Waals surface area contributed by atoms with Crippen LogP contribution in [0.4, 0.5) is 5.69 Å². The average Bonchev–Trinajstić information content (AvgIpc) is 3.09. The van der Waals surface area contributed by atoms with Gasteiger partial charge in [0.1, 0.15) is 4.32 Å². The zero-order chi connectivity index (χ0) is 25.5. The second kappa shape index (κ2) is 12.7.